The average Bonchev–Trinajstić information content (AvgIpc) is 3.84. The molecule has 5 heterocycles. The number of amides is 5. The number of pyridine rings is 1. The van der Waals surface area contributed by atoms with Crippen molar-refractivity contribution in [3.63, 3.8) is 0 Å². The van der Waals surface area contributed by atoms with E-state index >= 15 is 0 Å². The number of nitrogens with zero attached hydrogens (tertiary/aromatic N) is 9. The molecule has 16 heteroatoms. The van der Waals surface area contributed by atoms with Crippen LogP contribution in [0.2, 0.25) is 0 Å². The number of carbonyl (C=O) groups is 4. The van der Waals surface area contributed by atoms with Gasteiger partial charge in [-0.05, 0) is 41.0 Å². The summed E-state index contributed by atoms with van der Waals surface area (Å²) in [6.07, 6.45) is 7.91. The van der Waals surface area contributed by atoms with Crippen molar-refractivity contribution in [3.8, 4) is 5.75 Å². The van der Waals surface area contributed by atoms with Gasteiger partial charge in [0, 0.05) is 65.0 Å². The molecule has 2 fully saturated rings. The third-order valence-corrected chi connectivity index (χ3v) is 11.4. The van der Waals surface area contributed by atoms with Crippen molar-refractivity contribution >= 4 is 46.2 Å². The van der Waals surface area contributed by atoms with Gasteiger partial charge in [0.15, 0.2) is 0 Å². The molecule has 0 aliphatic carbocycles. The number of benzene rings is 3. The van der Waals surface area contributed by atoms with Crippen LogP contribution in [-0.4, -0.2) is 107 Å². The van der Waals surface area contributed by atoms with E-state index in [2.05, 4.69) is 27.2 Å². The van der Waals surface area contributed by atoms with E-state index in [4.69, 9.17) is 0 Å². The standard InChI is InChI=1S/C46H49N11O5/c1-5-20-55-29-42(59)56-39(21-31-14-17-36(58)18-15-31)45(61)54(28-41(56)57(55)46(62)49-22-32-10-7-6-8-11-32)25-33-12-9-13-37-38(27-52(3)43(33)37)44(60)50-34-16-19-40(48-23-34)51(2)26-35-24-47-30-53(35)4/h5-19,23-24,27,30,39,41,58H,1,20-22,25-26,28-29H2,2-4H3,(H,49,62)(H,50,60)/t39-,41-/m0/s1. The second-order valence-corrected chi connectivity index (χ2v) is 15.7. The van der Waals surface area contributed by atoms with Crippen LogP contribution in [0.5, 0.6) is 5.75 Å². The zero-order chi connectivity index (χ0) is 43.5. The first-order valence-corrected chi connectivity index (χ1v) is 20.3. The number of phenolic OH excluding ortho intramolecular Hbond substituents is 1. The molecule has 3 aromatic carbocycles. The van der Waals surface area contributed by atoms with E-state index < -0.39 is 18.2 Å². The van der Waals surface area contributed by atoms with Gasteiger partial charge in [0.05, 0.1) is 54.6 Å². The maximum Gasteiger partial charge on any atom is 0.334 e. The molecule has 6 aromatic rings. The Bertz CT molecular complexity index is 2610. The summed E-state index contributed by atoms with van der Waals surface area (Å²) in [6.45, 7) is 5.02. The number of piperazine rings is 1. The molecule has 2 saturated heterocycles. The van der Waals surface area contributed by atoms with E-state index in [0.29, 0.717) is 23.2 Å². The lowest BCUT2D eigenvalue weighted by atomic mass is 9.98. The number of rotatable bonds is 13. The van der Waals surface area contributed by atoms with Gasteiger partial charge in [-0.2, -0.15) is 0 Å². The van der Waals surface area contributed by atoms with Crippen molar-refractivity contribution in [3.05, 3.63) is 150 Å². The summed E-state index contributed by atoms with van der Waals surface area (Å²) in [4.78, 5) is 70.9. The molecular weight excluding hydrogens is 787 g/mol. The van der Waals surface area contributed by atoms with Gasteiger partial charge in [0.1, 0.15) is 23.8 Å². The molecule has 2 aliphatic heterocycles. The Hall–Kier alpha value is -7.46. The Morgan fingerprint density at radius 2 is 1.74 bits per heavy atom. The molecule has 0 spiro atoms. The van der Waals surface area contributed by atoms with Crippen molar-refractivity contribution in [2.45, 2.75) is 38.3 Å². The van der Waals surface area contributed by atoms with Crippen LogP contribution < -0.4 is 15.5 Å². The number of carbonyl (C=O) groups excluding carboxylic acids is 4. The summed E-state index contributed by atoms with van der Waals surface area (Å²) < 4.78 is 3.83. The van der Waals surface area contributed by atoms with Crippen LogP contribution in [0.3, 0.4) is 0 Å². The predicted molar refractivity (Wildman–Crippen MR) is 234 cm³/mol. The van der Waals surface area contributed by atoms with Crippen molar-refractivity contribution < 1.29 is 24.3 Å². The lowest BCUT2D eigenvalue weighted by molar-refractivity contribution is -0.189. The Morgan fingerprint density at radius 1 is 0.952 bits per heavy atom. The molecule has 2 atom stereocenters. The SMILES string of the molecule is C=CCN1CC(=O)N2[C@@H](Cc3ccc(O)cc3)C(=O)N(Cc3cccc4c(C(=O)Nc5ccc(N(C)Cc6cncn6C)nc5)cn(C)c34)C[C@@H]2N1C(=O)NCc1ccccc1. The van der Waals surface area contributed by atoms with Crippen molar-refractivity contribution in [1.82, 2.24) is 44.2 Å². The minimum Gasteiger partial charge on any atom is -0.508 e. The molecule has 0 bridgehead atoms. The van der Waals surface area contributed by atoms with Gasteiger partial charge in [-0.3, -0.25) is 14.4 Å². The Morgan fingerprint density at radius 3 is 2.45 bits per heavy atom. The van der Waals surface area contributed by atoms with Crippen LogP contribution in [-0.2, 0) is 49.7 Å². The first kappa shape index (κ1) is 41.3. The monoisotopic (exact) mass is 835 g/mol. The Kier molecular flexibility index (Phi) is 11.7. The number of urea groups is 1. The Labute approximate surface area is 359 Å². The lowest BCUT2D eigenvalue weighted by Gasteiger charge is -2.55. The molecule has 5 amide bonds. The first-order chi connectivity index (χ1) is 30.0. The largest absolute Gasteiger partial charge is 0.508 e. The first-order valence-electron chi connectivity index (χ1n) is 20.3. The highest BCUT2D eigenvalue weighted by atomic mass is 16.3. The second kappa shape index (κ2) is 17.6. The number of hydrogen-bond donors (Lipinski definition) is 3. The summed E-state index contributed by atoms with van der Waals surface area (Å²) in [6, 6.07) is 24.0. The highest BCUT2D eigenvalue weighted by Crippen LogP contribution is 2.32. The molecule has 2 aliphatic rings. The fourth-order valence-corrected chi connectivity index (χ4v) is 8.37. The zero-order valence-corrected chi connectivity index (χ0v) is 34.9. The van der Waals surface area contributed by atoms with Gasteiger partial charge in [0.2, 0.25) is 11.8 Å². The number of hydrogen-bond acceptors (Lipinski definition) is 9. The van der Waals surface area contributed by atoms with Crippen LogP contribution in [0, 0.1) is 0 Å². The highest BCUT2D eigenvalue weighted by molar-refractivity contribution is 6.13. The summed E-state index contributed by atoms with van der Waals surface area (Å²) in [7, 11) is 5.74. The number of anilines is 2. The van der Waals surface area contributed by atoms with Crippen molar-refractivity contribution in [2.24, 2.45) is 14.1 Å². The highest BCUT2D eigenvalue weighted by Gasteiger charge is 2.51. The molecule has 0 saturated carbocycles. The number of aryl methyl sites for hydroxylation is 2. The fourth-order valence-electron chi connectivity index (χ4n) is 8.37. The number of phenols is 1. The van der Waals surface area contributed by atoms with Crippen LogP contribution >= 0.6 is 0 Å². The third-order valence-electron chi connectivity index (χ3n) is 11.4. The third kappa shape index (κ3) is 8.45. The number of para-hydroxylation sites is 1. The van der Waals surface area contributed by atoms with Gasteiger partial charge in [-0.25, -0.2) is 24.8 Å². The van der Waals surface area contributed by atoms with Gasteiger partial charge < -0.3 is 39.6 Å². The molecule has 318 valence electrons. The zero-order valence-electron chi connectivity index (χ0n) is 34.9. The Balaban J connectivity index is 1.07. The average molecular weight is 836 g/mol. The van der Waals surface area contributed by atoms with E-state index in [1.807, 2.05) is 102 Å². The molecular formula is C46H49N11O5. The van der Waals surface area contributed by atoms with Crippen LogP contribution in [0.1, 0.15) is 32.7 Å². The van der Waals surface area contributed by atoms with Gasteiger partial charge >= 0.3 is 6.03 Å². The van der Waals surface area contributed by atoms with Crippen molar-refractivity contribution in [2.75, 3.05) is 36.9 Å². The molecule has 8 rings (SSSR count). The molecule has 16 nitrogen and oxygen atoms in total. The number of fused-ring (bicyclic) bond motifs is 2. The molecule has 3 aromatic heterocycles. The van der Waals surface area contributed by atoms with E-state index in [1.54, 1.807) is 68.9 Å². The summed E-state index contributed by atoms with van der Waals surface area (Å²) in [5.74, 6) is -0.0682. The number of aromatic nitrogens is 4. The quantitative estimate of drug-likeness (QED) is 0.141. The second-order valence-electron chi connectivity index (χ2n) is 15.7. The molecule has 0 radical (unpaired) electrons. The van der Waals surface area contributed by atoms with Gasteiger partial charge in [-0.1, -0.05) is 66.7 Å². The van der Waals surface area contributed by atoms with E-state index in [1.165, 1.54) is 0 Å². The molecule has 3 N–H and O–H groups in total. The van der Waals surface area contributed by atoms with Crippen molar-refractivity contribution in [1.29, 1.82) is 0 Å². The van der Waals surface area contributed by atoms with Crippen LogP contribution in [0.4, 0.5) is 16.3 Å². The fraction of sp³-hybridized carbons (Fsp3) is 0.261. The lowest BCUT2D eigenvalue weighted by Crippen LogP contribution is -2.76. The maximum absolute atomic E-state index is 14.7. The summed E-state index contributed by atoms with van der Waals surface area (Å²) >= 11 is 0. The smallest absolute Gasteiger partial charge is 0.334 e. The minimum atomic E-state index is -0.954. The number of nitrogens with one attached hydrogen (secondary N) is 2. The molecule has 0 unspecified atom stereocenters. The maximum atomic E-state index is 14.7. The van der Waals surface area contributed by atoms with Gasteiger partial charge in [0.25, 0.3) is 5.91 Å². The van der Waals surface area contributed by atoms with E-state index in [-0.39, 0.29) is 62.6 Å². The normalized spacial score (nSPS) is 16.7. The summed E-state index contributed by atoms with van der Waals surface area (Å²) in [5, 5.41) is 19.9. The summed E-state index contributed by atoms with van der Waals surface area (Å²) in [5.41, 5.74) is 5.21. The minimum absolute atomic E-state index is 0.0253. The van der Waals surface area contributed by atoms with E-state index in [0.717, 1.165) is 33.7 Å². The van der Waals surface area contributed by atoms with Crippen LogP contribution in [0.15, 0.2) is 123 Å². The number of imidazole rings is 1. The van der Waals surface area contributed by atoms with Gasteiger partial charge in [-0.15, -0.1) is 6.58 Å². The van der Waals surface area contributed by atoms with Crippen LogP contribution in [0.25, 0.3) is 10.9 Å². The number of aromatic hydroxyl groups is 1. The number of hydrazine groups is 1. The topological polar surface area (TPSA) is 164 Å². The predicted octanol–water partition coefficient (Wildman–Crippen LogP) is 4.64. The van der Waals surface area contributed by atoms with E-state index in [9.17, 15) is 24.3 Å². The molecule has 62 heavy (non-hydrogen) atoms.